The Labute approximate surface area is 160 Å². The van der Waals surface area contributed by atoms with Crippen molar-refractivity contribution in [3.8, 4) is 11.5 Å². The van der Waals surface area contributed by atoms with Crippen molar-refractivity contribution >= 4 is 17.7 Å². The number of nitrogens with one attached hydrogen (secondary N) is 2. The summed E-state index contributed by atoms with van der Waals surface area (Å²) in [5, 5.41) is 0. The molecule has 2 aromatic rings. The minimum absolute atomic E-state index is 0.0392. The van der Waals surface area contributed by atoms with Crippen molar-refractivity contribution in [2.45, 2.75) is 19.1 Å². The van der Waals surface area contributed by atoms with Crippen LogP contribution in [0.25, 0.3) is 0 Å². The lowest BCUT2D eigenvalue weighted by atomic mass is 10.1. The summed E-state index contributed by atoms with van der Waals surface area (Å²) in [4.78, 5) is 38.2. The molecule has 28 heavy (non-hydrogen) atoms. The van der Waals surface area contributed by atoms with Gasteiger partial charge in [-0.3, -0.25) is 25.2 Å². The van der Waals surface area contributed by atoms with Crippen LogP contribution in [-0.2, 0) is 20.9 Å². The molecular weight excluding hydrogens is 366 g/mol. The minimum Gasteiger partial charge on any atom is -0.485 e. The van der Waals surface area contributed by atoms with Gasteiger partial charge in [0.1, 0.15) is 12.4 Å². The number of nitrogens with zero attached hydrogens (tertiary/aromatic N) is 1. The molecule has 3 amide bonds. The number of carbonyl (C=O) groups is 3. The zero-order valence-electron chi connectivity index (χ0n) is 14.9. The molecule has 9 nitrogen and oxygen atoms in total. The summed E-state index contributed by atoms with van der Waals surface area (Å²) in [7, 11) is 0. The number of rotatable bonds is 4. The van der Waals surface area contributed by atoms with E-state index in [1.165, 1.54) is 6.26 Å². The SMILES string of the molecule is O=C(NNC(=O)[C@@H]1COc2ccccc2O1)[C@@H]1CC(=O)N(Cc2ccco2)C1. The molecule has 0 unspecified atom stereocenters. The Morgan fingerprint density at radius 3 is 2.64 bits per heavy atom. The van der Waals surface area contributed by atoms with Crippen LogP contribution in [0.3, 0.4) is 0 Å². The average Bonchev–Trinajstić information content (AvgIpc) is 3.36. The van der Waals surface area contributed by atoms with Gasteiger partial charge < -0.3 is 18.8 Å². The van der Waals surface area contributed by atoms with Gasteiger partial charge in [0.25, 0.3) is 5.91 Å². The standard InChI is InChI=1S/C19H19N3O6/c23-17-8-12(9-22(17)10-13-4-3-7-26-13)18(24)20-21-19(25)16-11-27-14-5-1-2-6-15(14)28-16/h1-7,12,16H,8-11H2,(H,20,24)(H,21,25)/t12-,16+/m1/s1. The Morgan fingerprint density at radius 2 is 1.86 bits per heavy atom. The molecule has 2 aliphatic heterocycles. The van der Waals surface area contributed by atoms with Gasteiger partial charge in [0.2, 0.25) is 17.9 Å². The first-order valence-electron chi connectivity index (χ1n) is 8.88. The summed E-state index contributed by atoms with van der Waals surface area (Å²) < 4.78 is 16.3. The fourth-order valence-electron chi connectivity index (χ4n) is 3.15. The van der Waals surface area contributed by atoms with Gasteiger partial charge in [0.05, 0.1) is 18.7 Å². The molecule has 2 aliphatic rings. The molecule has 9 heteroatoms. The van der Waals surface area contributed by atoms with Crippen molar-refractivity contribution in [3.05, 3.63) is 48.4 Å². The van der Waals surface area contributed by atoms with Gasteiger partial charge in [-0.25, -0.2) is 0 Å². The molecule has 0 bridgehead atoms. The van der Waals surface area contributed by atoms with Crippen molar-refractivity contribution in [2.24, 2.45) is 5.92 Å². The first-order valence-corrected chi connectivity index (χ1v) is 8.88. The zero-order valence-corrected chi connectivity index (χ0v) is 14.9. The van der Waals surface area contributed by atoms with E-state index < -0.39 is 23.8 Å². The highest BCUT2D eigenvalue weighted by Gasteiger charge is 2.35. The Kier molecular flexibility index (Phi) is 4.88. The van der Waals surface area contributed by atoms with Crippen LogP contribution in [-0.4, -0.2) is 41.9 Å². The van der Waals surface area contributed by atoms with E-state index in [1.54, 1.807) is 41.3 Å². The second-order valence-corrected chi connectivity index (χ2v) is 6.60. The molecule has 4 rings (SSSR count). The highest BCUT2D eigenvalue weighted by atomic mass is 16.6. The van der Waals surface area contributed by atoms with Crippen LogP contribution in [0.15, 0.2) is 47.1 Å². The van der Waals surface area contributed by atoms with Crippen LogP contribution < -0.4 is 20.3 Å². The molecule has 3 heterocycles. The number of hydrazine groups is 1. The second kappa shape index (κ2) is 7.63. The molecule has 0 radical (unpaired) electrons. The molecule has 0 aliphatic carbocycles. The van der Waals surface area contributed by atoms with Gasteiger partial charge in [0.15, 0.2) is 11.5 Å². The number of para-hydroxylation sites is 2. The molecule has 0 spiro atoms. The zero-order chi connectivity index (χ0) is 19.5. The average molecular weight is 385 g/mol. The van der Waals surface area contributed by atoms with Crippen LogP contribution in [0.2, 0.25) is 0 Å². The van der Waals surface area contributed by atoms with E-state index >= 15 is 0 Å². The molecule has 1 saturated heterocycles. The summed E-state index contributed by atoms with van der Waals surface area (Å²) in [6.07, 6.45) is 0.736. The molecule has 1 aromatic heterocycles. The molecule has 2 atom stereocenters. The quantitative estimate of drug-likeness (QED) is 0.747. The fraction of sp³-hybridized carbons (Fsp3) is 0.316. The third-order valence-corrected chi connectivity index (χ3v) is 4.62. The third kappa shape index (κ3) is 3.78. The van der Waals surface area contributed by atoms with Crippen molar-refractivity contribution in [1.29, 1.82) is 0 Å². The van der Waals surface area contributed by atoms with Gasteiger partial charge in [-0.05, 0) is 24.3 Å². The van der Waals surface area contributed by atoms with E-state index in [0.29, 0.717) is 23.8 Å². The van der Waals surface area contributed by atoms with E-state index in [9.17, 15) is 14.4 Å². The lowest BCUT2D eigenvalue weighted by molar-refractivity contribution is -0.136. The summed E-state index contributed by atoms with van der Waals surface area (Å²) in [5.74, 6) is 0.0419. The van der Waals surface area contributed by atoms with Gasteiger partial charge in [-0.15, -0.1) is 0 Å². The van der Waals surface area contributed by atoms with Gasteiger partial charge in [-0.2, -0.15) is 0 Å². The smallest absolute Gasteiger partial charge is 0.283 e. The molecule has 1 aromatic carbocycles. The van der Waals surface area contributed by atoms with Gasteiger partial charge >= 0.3 is 0 Å². The van der Waals surface area contributed by atoms with E-state index in [1.807, 2.05) is 0 Å². The van der Waals surface area contributed by atoms with Crippen LogP contribution in [0.4, 0.5) is 0 Å². The Bertz CT molecular complexity index is 882. The maximum Gasteiger partial charge on any atom is 0.283 e. The van der Waals surface area contributed by atoms with E-state index in [-0.39, 0.29) is 25.5 Å². The number of fused-ring (bicyclic) bond motifs is 1. The fourth-order valence-corrected chi connectivity index (χ4v) is 3.15. The number of ether oxygens (including phenoxy) is 2. The summed E-state index contributed by atoms with van der Waals surface area (Å²) >= 11 is 0. The first-order chi connectivity index (χ1) is 13.6. The van der Waals surface area contributed by atoms with Crippen LogP contribution in [0.5, 0.6) is 11.5 Å². The van der Waals surface area contributed by atoms with Crippen LogP contribution in [0, 0.1) is 5.92 Å². The highest BCUT2D eigenvalue weighted by molar-refractivity contribution is 5.91. The Hall–Kier alpha value is -3.49. The Morgan fingerprint density at radius 1 is 1.07 bits per heavy atom. The van der Waals surface area contributed by atoms with Gasteiger partial charge in [-0.1, -0.05) is 12.1 Å². The topological polar surface area (TPSA) is 110 Å². The highest BCUT2D eigenvalue weighted by Crippen LogP contribution is 2.30. The number of carbonyl (C=O) groups excluding carboxylic acids is 3. The number of furan rings is 1. The van der Waals surface area contributed by atoms with Crippen molar-refractivity contribution < 1.29 is 28.3 Å². The number of likely N-dealkylation sites (tertiary alicyclic amines) is 1. The van der Waals surface area contributed by atoms with Crippen molar-refractivity contribution in [3.63, 3.8) is 0 Å². The second-order valence-electron chi connectivity index (χ2n) is 6.60. The number of hydrogen-bond donors (Lipinski definition) is 2. The van der Waals surface area contributed by atoms with E-state index in [4.69, 9.17) is 13.9 Å². The summed E-state index contributed by atoms with van der Waals surface area (Å²) in [6.45, 7) is 0.615. The van der Waals surface area contributed by atoms with Crippen molar-refractivity contribution in [1.82, 2.24) is 15.8 Å². The lowest BCUT2D eigenvalue weighted by Gasteiger charge is -2.25. The first kappa shape index (κ1) is 17.9. The largest absolute Gasteiger partial charge is 0.485 e. The Balaban J connectivity index is 1.26. The molecule has 1 fully saturated rings. The van der Waals surface area contributed by atoms with Gasteiger partial charge in [0, 0.05) is 13.0 Å². The predicted octanol–water partition coefficient (Wildman–Crippen LogP) is 0.616. The molecule has 2 N–H and O–H groups in total. The number of amides is 3. The lowest BCUT2D eigenvalue weighted by Crippen LogP contribution is -2.52. The maximum atomic E-state index is 12.3. The maximum absolute atomic E-state index is 12.3. The molecule has 146 valence electrons. The van der Waals surface area contributed by atoms with Crippen LogP contribution in [0.1, 0.15) is 12.2 Å². The predicted molar refractivity (Wildman–Crippen MR) is 94.9 cm³/mol. The minimum atomic E-state index is -0.879. The summed E-state index contributed by atoms with van der Waals surface area (Å²) in [5.41, 5.74) is 4.71. The number of benzene rings is 1. The molecular formula is C19H19N3O6. The van der Waals surface area contributed by atoms with E-state index in [0.717, 1.165) is 0 Å². The van der Waals surface area contributed by atoms with Crippen molar-refractivity contribution in [2.75, 3.05) is 13.2 Å². The van der Waals surface area contributed by atoms with E-state index in [2.05, 4.69) is 10.9 Å². The van der Waals surface area contributed by atoms with Crippen LogP contribution >= 0.6 is 0 Å². The summed E-state index contributed by atoms with van der Waals surface area (Å²) in [6, 6.07) is 10.5. The number of hydrogen-bond acceptors (Lipinski definition) is 6. The molecule has 0 saturated carbocycles. The normalized spacial score (nSPS) is 20.7. The monoisotopic (exact) mass is 385 g/mol. The third-order valence-electron chi connectivity index (χ3n) is 4.62.